The van der Waals surface area contributed by atoms with Gasteiger partial charge in [-0.2, -0.15) is 39.5 Å². The number of esters is 1. The molecule has 1 aromatic rings. The monoisotopic (exact) mass is 690 g/mol. The predicted octanol–water partition coefficient (Wildman–Crippen LogP) is 6.57. The number of piperazine rings is 1. The summed E-state index contributed by atoms with van der Waals surface area (Å²) in [6, 6.07) is -0.509. The van der Waals surface area contributed by atoms with Crippen LogP contribution in [-0.2, 0) is 9.53 Å². The molecule has 3 aliphatic heterocycles. The van der Waals surface area contributed by atoms with Crippen LogP contribution in [-0.4, -0.2) is 114 Å². The van der Waals surface area contributed by atoms with Gasteiger partial charge in [0, 0.05) is 50.5 Å². The SMILES string of the molecule is CC(C)(C)OC(=O)CN1CCN(c2cc(C(N3CCCC34CCN(C(=O)O)CC4)C(F)(F)F)cc(C(C(F)(F)F)C(F)(F)F)c2)CC1. The molecule has 3 saturated heterocycles. The minimum absolute atomic E-state index is 0.0176. The van der Waals surface area contributed by atoms with E-state index in [1.807, 2.05) is 0 Å². The number of anilines is 1. The average molecular weight is 691 g/mol. The van der Waals surface area contributed by atoms with Gasteiger partial charge in [-0.05, 0) is 76.3 Å². The Morgan fingerprint density at radius 2 is 1.34 bits per heavy atom. The summed E-state index contributed by atoms with van der Waals surface area (Å²) >= 11 is 0. The lowest BCUT2D eigenvalue weighted by molar-refractivity contribution is -0.253. The summed E-state index contributed by atoms with van der Waals surface area (Å²) in [5, 5.41) is 9.34. The first kappa shape index (κ1) is 36.9. The highest BCUT2D eigenvalue weighted by atomic mass is 19.4. The van der Waals surface area contributed by atoms with Crippen molar-refractivity contribution in [1.29, 1.82) is 0 Å². The van der Waals surface area contributed by atoms with Crippen molar-refractivity contribution in [2.45, 2.75) is 88.1 Å². The third kappa shape index (κ3) is 8.75. The zero-order valence-electron chi connectivity index (χ0n) is 26.2. The van der Waals surface area contributed by atoms with E-state index in [0.29, 0.717) is 18.6 Å². The molecule has 0 saturated carbocycles. The van der Waals surface area contributed by atoms with Gasteiger partial charge < -0.3 is 19.6 Å². The first-order chi connectivity index (χ1) is 21.5. The fourth-order valence-corrected chi connectivity index (χ4v) is 7.01. The number of hydrogen-bond acceptors (Lipinski definition) is 6. The molecule has 3 aliphatic rings. The molecule has 1 N–H and O–H groups in total. The van der Waals surface area contributed by atoms with E-state index in [1.54, 1.807) is 25.7 Å². The molecule has 0 aromatic heterocycles. The Balaban J connectivity index is 1.73. The summed E-state index contributed by atoms with van der Waals surface area (Å²) in [4.78, 5) is 29.0. The Morgan fingerprint density at radius 1 is 0.787 bits per heavy atom. The van der Waals surface area contributed by atoms with E-state index >= 15 is 13.2 Å². The minimum atomic E-state index is -5.84. The number of ether oxygens (including phenoxy) is 1. The number of likely N-dealkylation sites (tertiary alicyclic amines) is 2. The van der Waals surface area contributed by atoms with E-state index in [4.69, 9.17) is 4.74 Å². The molecule has 1 amide bonds. The molecule has 3 heterocycles. The zero-order valence-corrected chi connectivity index (χ0v) is 26.2. The lowest BCUT2D eigenvalue weighted by Crippen LogP contribution is -2.56. The summed E-state index contributed by atoms with van der Waals surface area (Å²) in [6.45, 7) is 5.03. The molecule has 47 heavy (non-hydrogen) atoms. The van der Waals surface area contributed by atoms with Gasteiger partial charge in [0.2, 0.25) is 0 Å². The molecule has 17 heteroatoms. The van der Waals surface area contributed by atoms with Gasteiger partial charge in [-0.15, -0.1) is 0 Å². The largest absolute Gasteiger partial charge is 0.465 e. The van der Waals surface area contributed by atoms with E-state index in [2.05, 4.69) is 0 Å². The van der Waals surface area contributed by atoms with Crippen molar-refractivity contribution in [1.82, 2.24) is 14.7 Å². The number of alkyl halides is 9. The van der Waals surface area contributed by atoms with E-state index in [1.165, 1.54) is 4.90 Å². The third-order valence-corrected chi connectivity index (χ3v) is 9.01. The summed E-state index contributed by atoms with van der Waals surface area (Å²) < 4.78 is 134. The van der Waals surface area contributed by atoms with Gasteiger partial charge in [-0.1, -0.05) is 6.07 Å². The molecule has 8 nitrogen and oxygen atoms in total. The lowest BCUT2D eigenvalue weighted by Gasteiger charge is -2.48. The van der Waals surface area contributed by atoms with Crippen molar-refractivity contribution in [2.24, 2.45) is 0 Å². The molecule has 0 bridgehead atoms. The molecular formula is C30H39F9N4O4. The van der Waals surface area contributed by atoms with Crippen LogP contribution in [0.4, 0.5) is 50.0 Å². The minimum Gasteiger partial charge on any atom is -0.465 e. The van der Waals surface area contributed by atoms with Gasteiger partial charge in [-0.25, -0.2) is 4.79 Å². The number of piperidine rings is 1. The van der Waals surface area contributed by atoms with Crippen molar-refractivity contribution in [3.05, 3.63) is 29.3 Å². The normalized spacial score (nSPS) is 21.0. The maximum absolute atomic E-state index is 15.0. The van der Waals surface area contributed by atoms with E-state index in [0.717, 1.165) is 15.9 Å². The average Bonchev–Trinajstić information content (AvgIpc) is 3.27. The first-order valence-electron chi connectivity index (χ1n) is 15.3. The van der Waals surface area contributed by atoms with Gasteiger partial charge in [0.1, 0.15) is 11.6 Å². The van der Waals surface area contributed by atoms with Crippen LogP contribution in [0, 0.1) is 0 Å². The van der Waals surface area contributed by atoms with Gasteiger partial charge in [0.25, 0.3) is 0 Å². The smallest absolute Gasteiger partial charge is 0.408 e. The molecule has 1 spiro atoms. The van der Waals surface area contributed by atoms with Crippen molar-refractivity contribution in [2.75, 3.05) is 57.3 Å². The quantitative estimate of drug-likeness (QED) is 0.268. The topological polar surface area (TPSA) is 76.6 Å². The molecule has 0 radical (unpaired) electrons. The van der Waals surface area contributed by atoms with E-state index < -0.39 is 64.8 Å². The van der Waals surface area contributed by atoms with Crippen LogP contribution in [0.2, 0.25) is 0 Å². The molecule has 1 aromatic carbocycles. The maximum atomic E-state index is 15.0. The molecule has 4 rings (SSSR count). The fraction of sp³-hybridized carbons (Fsp3) is 0.733. The van der Waals surface area contributed by atoms with Gasteiger partial charge >= 0.3 is 30.6 Å². The number of carbonyl (C=O) groups excluding carboxylic acids is 1. The summed E-state index contributed by atoms with van der Waals surface area (Å²) in [5.41, 5.74) is -4.21. The van der Waals surface area contributed by atoms with Crippen molar-refractivity contribution >= 4 is 17.7 Å². The second kappa shape index (κ2) is 13.2. The van der Waals surface area contributed by atoms with Crippen LogP contribution in [0.1, 0.15) is 69.5 Å². The fourth-order valence-electron chi connectivity index (χ4n) is 7.01. The standard InChI is InChI=1S/C30H39F9N4O4/c1-26(2,3)47-22(44)18-40-11-13-41(14-12-40)21-16-19(23(28(31,32)33)29(34,35)36)15-20(17-21)24(30(37,38)39)43-8-4-5-27(43)6-9-42(10-7-27)25(45)46/h15-17,23-24H,4-14,18H2,1-3H3,(H,45,46). The molecular weight excluding hydrogens is 651 g/mol. The second-order valence-electron chi connectivity index (χ2n) is 13.5. The molecule has 1 unspecified atom stereocenters. The van der Waals surface area contributed by atoms with Gasteiger partial charge in [0.05, 0.1) is 6.54 Å². The van der Waals surface area contributed by atoms with E-state index in [-0.39, 0.29) is 77.3 Å². The second-order valence-corrected chi connectivity index (χ2v) is 13.5. The van der Waals surface area contributed by atoms with Crippen LogP contribution >= 0.6 is 0 Å². The number of benzene rings is 1. The first-order valence-corrected chi connectivity index (χ1v) is 15.3. The van der Waals surface area contributed by atoms with Crippen molar-refractivity contribution < 1.29 is 58.9 Å². The molecule has 266 valence electrons. The van der Waals surface area contributed by atoms with Crippen molar-refractivity contribution in [3.63, 3.8) is 0 Å². The summed E-state index contributed by atoms with van der Waals surface area (Å²) in [6.07, 6.45) is -17.4. The van der Waals surface area contributed by atoms with E-state index in [9.17, 15) is 41.0 Å². The van der Waals surface area contributed by atoms with Gasteiger partial charge in [-0.3, -0.25) is 14.6 Å². The molecule has 3 fully saturated rings. The summed E-state index contributed by atoms with van der Waals surface area (Å²) in [7, 11) is 0. The molecule has 1 atom stereocenters. The van der Waals surface area contributed by atoms with Crippen LogP contribution in [0.15, 0.2) is 18.2 Å². The number of carboxylic acid groups (broad SMARTS) is 1. The Hall–Kier alpha value is -2.95. The number of nitrogens with zero attached hydrogens (tertiary/aromatic N) is 4. The van der Waals surface area contributed by atoms with Crippen LogP contribution in [0.25, 0.3) is 0 Å². The Morgan fingerprint density at radius 3 is 1.83 bits per heavy atom. The van der Waals surface area contributed by atoms with Crippen LogP contribution in [0.5, 0.6) is 0 Å². The number of carbonyl (C=O) groups is 2. The Bertz CT molecular complexity index is 1270. The number of amides is 1. The number of rotatable bonds is 6. The number of hydrogen-bond donors (Lipinski definition) is 1. The third-order valence-electron chi connectivity index (χ3n) is 9.01. The van der Waals surface area contributed by atoms with Crippen molar-refractivity contribution in [3.8, 4) is 0 Å². The highest BCUT2D eigenvalue weighted by Crippen LogP contribution is 2.52. The lowest BCUT2D eigenvalue weighted by atomic mass is 9.83. The maximum Gasteiger partial charge on any atom is 0.408 e. The zero-order chi connectivity index (χ0) is 35.2. The number of halogens is 9. The van der Waals surface area contributed by atoms with Crippen LogP contribution in [0.3, 0.4) is 0 Å². The highest BCUT2D eigenvalue weighted by molar-refractivity contribution is 5.72. The molecule has 0 aliphatic carbocycles. The van der Waals surface area contributed by atoms with Crippen LogP contribution < -0.4 is 4.90 Å². The highest BCUT2D eigenvalue weighted by Gasteiger charge is 2.59. The predicted molar refractivity (Wildman–Crippen MR) is 152 cm³/mol. The Labute approximate surface area is 266 Å². The summed E-state index contributed by atoms with van der Waals surface area (Å²) in [5.74, 6) is -4.56. The Kier molecular flexibility index (Phi) is 10.3. The van der Waals surface area contributed by atoms with Gasteiger partial charge in [0.15, 0.2) is 5.92 Å².